The summed E-state index contributed by atoms with van der Waals surface area (Å²) in [5.74, 6) is 1.48. The number of carbonyl (C=O) groups excluding carboxylic acids is 1. The Hall–Kier alpha value is -2.86. The van der Waals surface area contributed by atoms with Crippen molar-refractivity contribution in [3.8, 4) is 0 Å². The lowest BCUT2D eigenvalue weighted by atomic mass is 9.89. The number of benzene rings is 2. The van der Waals surface area contributed by atoms with Crippen molar-refractivity contribution in [3.63, 3.8) is 0 Å². The van der Waals surface area contributed by atoms with Crippen LogP contribution < -0.4 is 4.90 Å². The van der Waals surface area contributed by atoms with E-state index in [4.69, 9.17) is 4.98 Å². The molecule has 3 heterocycles. The fourth-order valence-electron chi connectivity index (χ4n) is 6.51. The number of amides is 1. The zero-order valence-corrected chi connectivity index (χ0v) is 20.9. The number of hydrogen-bond acceptors (Lipinski definition) is 4. The third-order valence-corrected chi connectivity index (χ3v) is 8.65. The fourth-order valence-corrected chi connectivity index (χ4v) is 6.51. The van der Waals surface area contributed by atoms with Crippen molar-refractivity contribution in [1.29, 1.82) is 0 Å². The van der Waals surface area contributed by atoms with E-state index in [9.17, 15) is 4.79 Å². The second kappa shape index (κ2) is 9.65. The van der Waals surface area contributed by atoms with Crippen molar-refractivity contribution < 1.29 is 4.79 Å². The van der Waals surface area contributed by atoms with Gasteiger partial charge in [-0.15, -0.1) is 0 Å². The van der Waals surface area contributed by atoms with Crippen molar-refractivity contribution in [2.45, 2.75) is 62.9 Å². The molecule has 3 aliphatic rings. The minimum Gasteiger partial charge on any atom is -0.340 e. The molecule has 1 unspecified atom stereocenters. The van der Waals surface area contributed by atoms with Gasteiger partial charge in [0.25, 0.3) is 0 Å². The summed E-state index contributed by atoms with van der Waals surface area (Å²) < 4.78 is 1.87. The van der Waals surface area contributed by atoms with E-state index >= 15 is 0 Å². The Morgan fingerprint density at radius 3 is 2.40 bits per heavy atom. The van der Waals surface area contributed by atoms with E-state index in [0.29, 0.717) is 12.0 Å². The second-order valence-corrected chi connectivity index (χ2v) is 10.7. The molecular formula is C29H37N5O. The van der Waals surface area contributed by atoms with Crippen LogP contribution in [0.1, 0.15) is 56.4 Å². The van der Waals surface area contributed by atoms with Gasteiger partial charge in [-0.2, -0.15) is 0 Å². The summed E-state index contributed by atoms with van der Waals surface area (Å²) in [7, 11) is 2.13. The molecule has 184 valence electrons. The monoisotopic (exact) mass is 471 g/mol. The van der Waals surface area contributed by atoms with Crippen molar-refractivity contribution in [2.75, 3.05) is 38.1 Å². The summed E-state index contributed by atoms with van der Waals surface area (Å²) in [5, 5.41) is 0. The first-order valence-electron chi connectivity index (χ1n) is 13.5. The van der Waals surface area contributed by atoms with E-state index in [1.807, 2.05) is 28.8 Å². The highest BCUT2D eigenvalue weighted by Gasteiger charge is 2.37. The maximum Gasteiger partial charge on any atom is 0.331 e. The fraction of sp³-hybridized carbons (Fsp3) is 0.517. The zero-order chi connectivity index (χ0) is 23.8. The van der Waals surface area contributed by atoms with Crippen LogP contribution in [0.15, 0.2) is 54.6 Å². The van der Waals surface area contributed by atoms with Gasteiger partial charge in [-0.25, -0.2) is 14.3 Å². The van der Waals surface area contributed by atoms with Crippen LogP contribution in [0.3, 0.4) is 0 Å². The Morgan fingerprint density at radius 1 is 0.914 bits per heavy atom. The quantitative estimate of drug-likeness (QED) is 0.504. The van der Waals surface area contributed by atoms with Gasteiger partial charge >= 0.3 is 6.03 Å². The summed E-state index contributed by atoms with van der Waals surface area (Å²) >= 11 is 0. The molecule has 0 bridgehead atoms. The molecule has 35 heavy (non-hydrogen) atoms. The van der Waals surface area contributed by atoms with Crippen molar-refractivity contribution >= 4 is 23.0 Å². The molecule has 6 rings (SSSR count). The van der Waals surface area contributed by atoms with Gasteiger partial charge in [0.1, 0.15) is 0 Å². The molecular weight excluding hydrogens is 434 g/mol. The van der Waals surface area contributed by atoms with E-state index in [0.717, 1.165) is 62.4 Å². The number of rotatable bonds is 5. The summed E-state index contributed by atoms with van der Waals surface area (Å²) in [6.45, 7) is 4.17. The Morgan fingerprint density at radius 2 is 1.63 bits per heavy atom. The minimum atomic E-state index is 0.110. The summed E-state index contributed by atoms with van der Waals surface area (Å²) in [4.78, 5) is 25.9. The van der Waals surface area contributed by atoms with Crippen LogP contribution in [0.4, 0.5) is 10.7 Å². The topological polar surface area (TPSA) is 44.6 Å². The zero-order valence-electron chi connectivity index (χ0n) is 20.9. The number of fused-ring (bicyclic) bond motifs is 3. The van der Waals surface area contributed by atoms with E-state index in [1.54, 1.807) is 0 Å². The van der Waals surface area contributed by atoms with E-state index in [1.165, 1.54) is 31.2 Å². The van der Waals surface area contributed by atoms with Crippen LogP contribution in [-0.2, 0) is 0 Å². The highest BCUT2D eigenvalue weighted by atomic mass is 16.2. The summed E-state index contributed by atoms with van der Waals surface area (Å²) in [5.41, 5.74) is 3.31. The smallest absolute Gasteiger partial charge is 0.331 e. The molecule has 6 heteroatoms. The maximum atomic E-state index is 13.9. The first kappa shape index (κ1) is 22.6. The SMILES string of the molecule is CN1c2nc3ccccc3n2C(=O)N(C2CCCC2)CC1CCN1CCC(c2ccccc2)CC1. The molecule has 0 spiro atoms. The van der Waals surface area contributed by atoms with Gasteiger partial charge in [0.05, 0.1) is 17.1 Å². The highest BCUT2D eigenvalue weighted by molar-refractivity contribution is 5.93. The molecule has 1 aromatic heterocycles. The molecule has 3 aromatic rings. The molecule has 1 saturated carbocycles. The predicted octanol–water partition coefficient (Wildman–Crippen LogP) is 5.34. The van der Waals surface area contributed by atoms with Crippen LogP contribution >= 0.6 is 0 Å². The number of carbonyl (C=O) groups is 1. The highest BCUT2D eigenvalue weighted by Crippen LogP contribution is 2.33. The van der Waals surface area contributed by atoms with Gasteiger partial charge in [0.2, 0.25) is 5.95 Å². The number of piperidine rings is 1. The normalized spacial score (nSPS) is 22.7. The number of likely N-dealkylation sites (tertiary alicyclic amines) is 1. The third-order valence-electron chi connectivity index (χ3n) is 8.65. The summed E-state index contributed by atoms with van der Waals surface area (Å²) in [6.07, 6.45) is 8.20. The molecule has 2 aromatic carbocycles. The van der Waals surface area contributed by atoms with Crippen LogP contribution in [0.5, 0.6) is 0 Å². The first-order chi connectivity index (χ1) is 17.2. The Bertz CT molecular complexity index is 1160. The number of nitrogens with zero attached hydrogens (tertiary/aromatic N) is 5. The Labute approximate surface area is 208 Å². The molecule has 0 N–H and O–H groups in total. The van der Waals surface area contributed by atoms with Gasteiger partial charge in [-0.05, 0) is 68.8 Å². The Balaban J connectivity index is 1.20. The van der Waals surface area contributed by atoms with Gasteiger partial charge < -0.3 is 14.7 Å². The molecule has 1 amide bonds. The number of hydrogen-bond donors (Lipinski definition) is 0. The first-order valence-corrected chi connectivity index (χ1v) is 13.5. The molecule has 2 fully saturated rings. The minimum absolute atomic E-state index is 0.110. The van der Waals surface area contributed by atoms with Crippen LogP contribution in [0.2, 0.25) is 0 Å². The van der Waals surface area contributed by atoms with Gasteiger partial charge in [-0.3, -0.25) is 0 Å². The molecule has 0 radical (unpaired) electrons. The Kier molecular flexibility index (Phi) is 6.23. The van der Waals surface area contributed by atoms with Crippen LogP contribution in [-0.4, -0.2) is 70.7 Å². The largest absolute Gasteiger partial charge is 0.340 e. The van der Waals surface area contributed by atoms with Gasteiger partial charge in [-0.1, -0.05) is 55.3 Å². The average Bonchev–Trinajstić information content (AvgIpc) is 3.55. The molecule has 6 nitrogen and oxygen atoms in total. The lowest BCUT2D eigenvalue weighted by Crippen LogP contribution is -2.47. The van der Waals surface area contributed by atoms with Crippen LogP contribution in [0, 0.1) is 0 Å². The number of para-hydroxylation sites is 2. The number of likely N-dealkylation sites (N-methyl/N-ethyl adjacent to an activating group) is 1. The van der Waals surface area contributed by atoms with E-state index < -0.39 is 0 Å². The van der Waals surface area contributed by atoms with Crippen molar-refractivity contribution in [1.82, 2.24) is 19.4 Å². The molecule has 1 saturated heterocycles. The van der Waals surface area contributed by atoms with Crippen molar-refractivity contribution in [2.24, 2.45) is 0 Å². The number of aromatic nitrogens is 2. The molecule has 2 aliphatic heterocycles. The summed E-state index contributed by atoms with van der Waals surface area (Å²) in [6, 6.07) is 19.8. The average molecular weight is 472 g/mol. The number of anilines is 1. The number of imidazole rings is 1. The standard InChI is InChI=1S/C29H37N5O/c1-31-25(17-20-32-18-15-23(16-19-32)22-9-3-2-4-10-22)21-33(24-11-5-6-12-24)29(35)34-27-14-8-7-13-26(27)30-28(31)34/h2-4,7-10,13-14,23-25H,5-6,11-12,15-21H2,1H3. The van der Waals surface area contributed by atoms with E-state index in [-0.39, 0.29) is 12.1 Å². The van der Waals surface area contributed by atoms with Gasteiger partial charge in [0.15, 0.2) is 0 Å². The predicted molar refractivity (Wildman–Crippen MR) is 141 cm³/mol. The molecule has 1 atom stereocenters. The third kappa shape index (κ3) is 4.33. The maximum absolute atomic E-state index is 13.9. The second-order valence-electron chi connectivity index (χ2n) is 10.7. The van der Waals surface area contributed by atoms with Gasteiger partial charge in [0, 0.05) is 26.2 Å². The van der Waals surface area contributed by atoms with Crippen molar-refractivity contribution in [3.05, 3.63) is 60.2 Å². The lowest BCUT2D eigenvalue weighted by molar-refractivity contribution is 0.168. The molecule has 1 aliphatic carbocycles. The van der Waals surface area contributed by atoms with E-state index in [2.05, 4.69) is 52.1 Å². The lowest BCUT2D eigenvalue weighted by Gasteiger charge is -2.36. The van der Waals surface area contributed by atoms with Crippen LogP contribution in [0.25, 0.3) is 11.0 Å².